The minimum absolute atomic E-state index is 0.128. The highest BCUT2D eigenvalue weighted by molar-refractivity contribution is 6.33. The summed E-state index contributed by atoms with van der Waals surface area (Å²) in [5.41, 5.74) is 2.71. The van der Waals surface area contributed by atoms with Gasteiger partial charge in [-0.2, -0.15) is 5.10 Å². The third-order valence-corrected chi connectivity index (χ3v) is 6.66. The van der Waals surface area contributed by atoms with Gasteiger partial charge in [0.05, 0.1) is 17.3 Å². The van der Waals surface area contributed by atoms with Crippen LogP contribution in [-0.2, 0) is 13.1 Å². The lowest BCUT2D eigenvalue weighted by molar-refractivity contribution is 0.0680. The summed E-state index contributed by atoms with van der Waals surface area (Å²) in [6.07, 6.45) is 0. The van der Waals surface area contributed by atoms with Gasteiger partial charge < -0.3 is 14.7 Å². The number of hydrogen-bond donors (Lipinski definition) is 0. The zero-order valence-electron chi connectivity index (χ0n) is 18.0. The van der Waals surface area contributed by atoms with E-state index in [2.05, 4.69) is 10.00 Å². The van der Waals surface area contributed by atoms with Gasteiger partial charge in [0.25, 0.3) is 11.8 Å². The van der Waals surface area contributed by atoms with E-state index < -0.39 is 0 Å². The van der Waals surface area contributed by atoms with Gasteiger partial charge in [-0.15, -0.1) is 0 Å². The molecular formula is C24H23Cl2N5O2. The number of fused-ring (bicyclic) bond motifs is 1. The Morgan fingerprint density at radius 1 is 0.909 bits per heavy atom. The number of halogens is 2. The van der Waals surface area contributed by atoms with E-state index in [1.807, 2.05) is 48.5 Å². The Labute approximate surface area is 202 Å². The summed E-state index contributed by atoms with van der Waals surface area (Å²) in [6.45, 7) is 4.07. The van der Waals surface area contributed by atoms with Crippen molar-refractivity contribution in [2.45, 2.75) is 13.1 Å². The molecular weight excluding hydrogens is 461 g/mol. The van der Waals surface area contributed by atoms with Gasteiger partial charge >= 0.3 is 0 Å². The second-order valence-electron chi connectivity index (χ2n) is 8.23. The molecule has 0 atom stereocenters. The highest BCUT2D eigenvalue weighted by Gasteiger charge is 2.30. The molecule has 7 nitrogen and oxygen atoms in total. The first kappa shape index (κ1) is 21.8. The summed E-state index contributed by atoms with van der Waals surface area (Å²) in [5.74, 6) is -0.277. The average Bonchev–Trinajstić information content (AvgIpc) is 3.26. The van der Waals surface area contributed by atoms with E-state index in [0.717, 1.165) is 11.3 Å². The Morgan fingerprint density at radius 3 is 2.45 bits per heavy atom. The van der Waals surface area contributed by atoms with Crippen LogP contribution in [0.15, 0.2) is 54.6 Å². The highest BCUT2D eigenvalue weighted by atomic mass is 35.5. The molecule has 1 saturated heterocycles. The second-order valence-corrected chi connectivity index (χ2v) is 9.07. The molecule has 170 valence electrons. The summed E-state index contributed by atoms with van der Waals surface area (Å²) in [6, 6.07) is 16.8. The zero-order chi connectivity index (χ0) is 22.9. The molecule has 0 spiro atoms. The molecule has 33 heavy (non-hydrogen) atoms. The van der Waals surface area contributed by atoms with Crippen molar-refractivity contribution in [3.05, 3.63) is 81.6 Å². The van der Waals surface area contributed by atoms with Gasteiger partial charge in [-0.1, -0.05) is 47.5 Å². The van der Waals surface area contributed by atoms with Gasteiger partial charge in [0, 0.05) is 50.4 Å². The van der Waals surface area contributed by atoms with E-state index in [-0.39, 0.29) is 11.8 Å². The first-order valence-corrected chi connectivity index (χ1v) is 11.7. The van der Waals surface area contributed by atoms with Gasteiger partial charge in [-0.25, -0.2) is 0 Å². The minimum atomic E-state index is -0.148. The topological polar surface area (TPSA) is 61.7 Å². The SMILES string of the molecule is O=C(c1cc2n(n1)CCN(Cc1cccc(Cl)c1)C2=O)N1CCN(c2ccccc2Cl)CC1. The van der Waals surface area contributed by atoms with E-state index in [1.165, 1.54) is 0 Å². The number of hydrogen-bond acceptors (Lipinski definition) is 4. The molecule has 3 aromatic rings. The van der Waals surface area contributed by atoms with Crippen molar-refractivity contribution in [3.8, 4) is 0 Å². The quantitative estimate of drug-likeness (QED) is 0.565. The van der Waals surface area contributed by atoms with Crippen molar-refractivity contribution in [2.75, 3.05) is 37.6 Å². The highest BCUT2D eigenvalue weighted by Crippen LogP contribution is 2.26. The van der Waals surface area contributed by atoms with Gasteiger partial charge in [0.1, 0.15) is 5.69 Å². The van der Waals surface area contributed by atoms with Crippen LogP contribution in [0.2, 0.25) is 10.0 Å². The molecule has 9 heteroatoms. The largest absolute Gasteiger partial charge is 0.367 e. The number of carbonyl (C=O) groups is 2. The molecule has 2 aliphatic rings. The van der Waals surface area contributed by atoms with Crippen LogP contribution in [0, 0.1) is 0 Å². The summed E-state index contributed by atoms with van der Waals surface area (Å²) >= 11 is 12.4. The van der Waals surface area contributed by atoms with Gasteiger partial charge in [-0.3, -0.25) is 14.3 Å². The van der Waals surface area contributed by atoms with Crippen LogP contribution < -0.4 is 4.90 Å². The van der Waals surface area contributed by atoms with Crippen molar-refractivity contribution in [3.63, 3.8) is 0 Å². The maximum Gasteiger partial charge on any atom is 0.274 e. The normalized spacial score (nSPS) is 16.2. The second kappa shape index (κ2) is 9.08. The number of nitrogens with zero attached hydrogens (tertiary/aromatic N) is 5. The number of carbonyl (C=O) groups excluding carboxylic acids is 2. The Hall–Kier alpha value is -3.03. The maximum atomic E-state index is 13.1. The van der Waals surface area contributed by atoms with E-state index in [9.17, 15) is 9.59 Å². The van der Waals surface area contributed by atoms with Crippen LogP contribution in [0.1, 0.15) is 26.5 Å². The lowest BCUT2D eigenvalue weighted by Crippen LogP contribution is -2.49. The first-order valence-electron chi connectivity index (χ1n) is 10.9. The van der Waals surface area contributed by atoms with Crippen LogP contribution in [-0.4, -0.2) is 64.1 Å². The predicted molar refractivity (Wildman–Crippen MR) is 128 cm³/mol. The number of rotatable bonds is 4. The van der Waals surface area contributed by atoms with Crippen LogP contribution in [0.25, 0.3) is 0 Å². The molecule has 0 radical (unpaired) electrons. The Balaban J connectivity index is 1.25. The fraction of sp³-hybridized carbons (Fsp3) is 0.292. The summed E-state index contributed by atoms with van der Waals surface area (Å²) in [5, 5.41) is 5.80. The Bertz CT molecular complexity index is 1200. The maximum absolute atomic E-state index is 13.1. The lowest BCUT2D eigenvalue weighted by atomic mass is 10.2. The summed E-state index contributed by atoms with van der Waals surface area (Å²) < 4.78 is 1.64. The first-order chi connectivity index (χ1) is 16.0. The Morgan fingerprint density at radius 2 is 1.70 bits per heavy atom. The molecule has 3 heterocycles. The number of benzene rings is 2. The van der Waals surface area contributed by atoms with E-state index in [1.54, 1.807) is 20.5 Å². The number of amides is 2. The molecule has 2 aromatic carbocycles. The van der Waals surface area contributed by atoms with Gasteiger partial charge in [0.2, 0.25) is 0 Å². The average molecular weight is 484 g/mol. The summed E-state index contributed by atoms with van der Waals surface area (Å²) in [4.78, 5) is 31.9. The van der Waals surface area contributed by atoms with Crippen LogP contribution >= 0.6 is 23.2 Å². The number of anilines is 1. The van der Waals surface area contributed by atoms with Crippen molar-refractivity contribution in [2.24, 2.45) is 0 Å². The van der Waals surface area contributed by atoms with Crippen LogP contribution in [0.3, 0.4) is 0 Å². The third kappa shape index (κ3) is 4.43. The van der Waals surface area contributed by atoms with E-state index >= 15 is 0 Å². The number of aromatic nitrogens is 2. The fourth-order valence-electron chi connectivity index (χ4n) is 4.37. The third-order valence-electron chi connectivity index (χ3n) is 6.11. The Kier molecular flexibility index (Phi) is 6.00. The zero-order valence-corrected chi connectivity index (χ0v) is 19.5. The lowest BCUT2D eigenvalue weighted by Gasteiger charge is -2.36. The predicted octanol–water partition coefficient (Wildman–Crippen LogP) is 3.81. The number of para-hydroxylation sites is 1. The van der Waals surface area contributed by atoms with Crippen molar-refractivity contribution < 1.29 is 9.59 Å². The fourth-order valence-corrected chi connectivity index (χ4v) is 4.84. The van der Waals surface area contributed by atoms with E-state index in [0.29, 0.717) is 67.2 Å². The standard InChI is InChI=1S/C24H23Cl2N5O2/c25-18-5-3-4-17(14-18)16-30-12-13-31-22(24(30)33)15-20(27-31)23(32)29-10-8-28(9-11-29)21-7-2-1-6-19(21)26/h1-7,14-15H,8-13,16H2. The molecule has 2 amide bonds. The van der Waals surface area contributed by atoms with Gasteiger partial charge in [0.15, 0.2) is 5.69 Å². The molecule has 5 rings (SSSR count). The van der Waals surface area contributed by atoms with E-state index in [4.69, 9.17) is 23.2 Å². The van der Waals surface area contributed by atoms with Crippen LogP contribution in [0.4, 0.5) is 5.69 Å². The molecule has 0 bridgehead atoms. The van der Waals surface area contributed by atoms with Crippen molar-refractivity contribution >= 4 is 40.7 Å². The van der Waals surface area contributed by atoms with Gasteiger partial charge in [-0.05, 0) is 29.8 Å². The summed E-state index contributed by atoms with van der Waals surface area (Å²) in [7, 11) is 0. The van der Waals surface area contributed by atoms with Crippen LogP contribution in [0.5, 0.6) is 0 Å². The monoisotopic (exact) mass is 483 g/mol. The number of piperazine rings is 1. The molecule has 0 aliphatic carbocycles. The molecule has 1 aromatic heterocycles. The molecule has 1 fully saturated rings. The van der Waals surface area contributed by atoms with Crippen molar-refractivity contribution in [1.29, 1.82) is 0 Å². The smallest absolute Gasteiger partial charge is 0.274 e. The minimum Gasteiger partial charge on any atom is -0.367 e. The molecule has 0 N–H and O–H groups in total. The molecule has 0 unspecified atom stereocenters. The molecule has 0 saturated carbocycles. The van der Waals surface area contributed by atoms with Crippen molar-refractivity contribution in [1.82, 2.24) is 19.6 Å². The molecule has 2 aliphatic heterocycles.